The summed E-state index contributed by atoms with van der Waals surface area (Å²) in [7, 11) is 0. The van der Waals surface area contributed by atoms with Crippen molar-refractivity contribution in [3.05, 3.63) is 59.8 Å². The first-order chi connectivity index (χ1) is 10.2. The molecule has 0 bridgehead atoms. The lowest BCUT2D eigenvalue weighted by Crippen LogP contribution is -2.27. The summed E-state index contributed by atoms with van der Waals surface area (Å²) in [5.74, 6) is 0.936. The first-order valence-corrected chi connectivity index (χ1v) is 7.23. The lowest BCUT2D eigenvalue weighted by atomic mass is 10.0. The van der Waals surface area contributed by atoms with Crippen molar-refractivity contribution >= 4 is 11.7 Å². The van der Waals surface area contributed by atoms with E-state index in [-0.39, 0.29) is 11.8 Å². The molecule has 1 unspecified atom stereocenters. The summed E-state index contributed by atoms with van der Waals surface area (Å²) in [6.07, 6.45) is 1.65. The van der Waals surface area contributed by atoms with E-state index in [0.717, 1.165) is 12.4 Å². The van der Waals surface area contributed by atoms with Gasteiger partial charge in [0.1, 0.15) is 5.82 Å². The van der Waals surface area contributed by atoms with Crippen LogP contribution in [0.5, 0.6) is 0 Å². The second-order valence-electron chi connectivity index (χ2n) is 4.98. The van der Waals surface area contributed by atoms with Gasteiger partial charge in [0.05, 0.1) is 0 Å². The van der Waals surface area contributed by atoms with Gasteiger partial charge in [-0.25, -0.2) is 4.98 Å². The highest BCUT2D eigenvalue weighted by Crippen LogP contribution is 2.13. The van der Waals surface area contributed by atoms with E-state index in [4.69, 9.17) is 0 Å². The van der Waals surface area contributed by atoms with E-state index < -0.39 is 0 Å². The molecule has 0 fully saturated rings. The summed E-state index contributed by atoms with van der Waals surface area (Å²) in [6, 6.07) is 13.7. The van der Waals surface area contributed by atoms with Crippen LogP contribution in [0.1, 0.15) is 35.7 Å². The van der Waals surface area contributed by atoms with Crippen molar-refractivity contribution in [3.8, 4) is 0 Å². The van der Waals surface area contributed by atoms with E-state index in [0.29, 0.717) is 12.1 Å². The molecule has 0 aliphatic carbocycles. The summed E-state index contributed by atoms with van der Waals surface area (Å²) in [5.41, 5.74) is 1.85. The largest absolute Gasteiger partial charge is 0.370 e. The first kappa shape index (κ1) is 15.0. The Morgan fingerprint density at radius 3 is 2.71 bits per heavy atom. The zero-order valence-corrected chi connectivity index (χ0v) is 12.5. The Bertz CT molecular complexity index is 584. The maximum absolute atomic E-state index is 12.2. The summed E-state index contributed by atoms with van der Waals surface area (Å²) in [5, 5.41) is 6.07. The van der Waals surface area contributed by atoms with Crippen LogP contribution in [0.25, 0.3) is 0 Å². The number of carbonyl (C=O) groups excluding carboxylic acids is 1. The molecule has 0 saturated heterocycles. The summed E-state index contributed by atoms with van der Waals surface area (Å²) in [6.45, 7) is 5.49. The Balaban J connectivity index is 1.94. The molecule has 4 nitrogen and oxygen atoms in total. The zero-order valence-electron chi connectivity index (χ0n) is 12.5. The van der Waals surface area contributed by atoms with E-state index in [1.54, 1.807) is 18.3 Å². The minimum Gasteiger partial charge on any atom is -0.370 e. The summed E-state index contributed by atoms with van der Waals surface area (Å²) >= 11 is 0. The molecule has 2 rings (SSSR count). The first-order valence-electron chi connectivity index (χ1n) is 7.23. The van der Waals surface area contributed by atoms with Crippen molar-refractivity contribution in [1.82, 2.24) is 10.3 Å². The Hall–Kier alpha value is -2.36. The third kappa shape index (κ3) is 4.31. The van der Waals surface area contributed by atoms with Crippen LogP contribution in [0.15, 0.2) is 48.7 Å². The van der Waals surface area contributed by atoms with Crippen LogP contribution in [0, 0.1) is 0 Å². The van der Waals surface area contributed by atoms with Crippen molar-refractivity contribution in [1.29, 1.82) is 0 Å². The lowest BCUT2D eigenvalue weighted by molar-refractivity contribution is 0.0951. The number of amides is 1. The van der Waals surface area contributed by atoms with Gasteiger partial charge in [-0.3, -0.25) is 4.79 Å². The van der Waals surface area contributed by atoms with E-state index in [9.17, 15) is 4.79 Å². The standard InChI is InChI=1S/C17H21N3O/c1-3-18-16-11-15(9-10-19-16)17(21)20-12-13(2)14-7-5-4-6-8-14/h4-11,13H,3,12H2,1-2H3,(H,18,19)(H,20,21). The van der Waals surface area contributed by atoms with Crippen LogP contribution >= 0.6 is 0 Å². The van der Waals surface area contributed by atoms with Crippen molar-refractivity contribution in [2.45, 2.75) is 19.8 Å². The number of anilines is 1. The Morgan fingerprint density at radius 2 is 2.00 bits per heavy atom. The van der Waals surface area contributed by atoms with E-state index in [1.165, 1.54) is 5.56 Å². The average molecular weight is 283 g/mol. The Kier molecular flexibility index (Phi) is 5.32. The molecule has 21 heavy (non-hydrogen) atoms. The highest BCUT2D eigenvalue weighted by atomic mass is 16.1. The van der Waals surface area contributed by atoms with Crippen LogP contribution < -0.4 is 10.6 Å². The normalized spacial score (nSPS) is 11.7. The molecule has 1 heterocycles. The molecule has 110 valence electrons. The van der Waals surface area contributed by atoms with Gasteiger partial charge in [0, 0.05) is 24.8 Å². The molecule has 1 aromatic heterocycles. The highest BCUT2D eigenvalue weighted by Gasteiger charge is 2.10. The van der Waals surface area contributed by atoms with Crippen molar-refractivity contribution in [2.75, 3.05) is 18.4 Å². The van der Waals surface area contributed by atoms with Crippen LogP contribution in [-0.2, 0) is 0 Å². The quantitative estimate of drug-likeness (QED) is 0.856. The number of pyridine rings is 1. The fourth-order valence-corrected chi connectivity index (χ4v) is 2.10. The number of carbonyl (C=O) groups is 1. The summed E-state index contributed by atoms with van der Waals surface area (Å²) in [4.78, 5) is 16.3. The molecule has 2 aromatic rings. The Morgan fingerprint density at radius 1 is 1.24 bits per heavy atom. The molecule has 0 aliphatic rings. The van der Waals surface area contributed by atoms with Crippen LogP contribution in [-0.4, -0.2) is 24.0 Å². The van der Waals surface area contributed by atoms with Gasteiger partial charge < -0.3 is 10.6 Å². The third-order valence-corrected chi connectivity index (χ3v) is 3.32. The maximum atomic E-state index is 12.2. The maximum Gasteiger partial charge on any atom is 0.251 e. The molecule has 0 spiro atoms. The van der Waals surface area contributed by atoms with Gasteiger partial charge in [0.15, 0.2) is 0 Å². The predicted octanol–water partition coefficient (Wildman–Crippen LogP) is 3.05. The monoisotopic (exact) mass is 283 g/mol. The van der Waals surface area contributed by atoms with Gasteiger partial charge in [-0.2, -0.15) is 0 Å². The van der Waals surface area contributed by atoms with Crippen LogP contribution in [0.4, 0.5) is 5.82 Å². The van der Waals surface area contributed by atoms with Gasteiger partial charge in [0.2, 0.25) is 0 Å². The van der Waals surface area contributed by atoms with Crippen molar-refractivity contribution in [3.63, 3.8) is 0 Å². The molecular formula is C17H21N3O. The molecule has 1 atom stereocenters. The number of aromatic nitrogens is 1. The molecule has 0 radical (unpaired) electrons. The molecule has 4 heteroatoms. The molecule has 1 aromatic carbocycles. The second kappa shape index (κ2) is 7.43. The van der Waals surface area contributed by atoms with Gasteiger partial charge in [-0.15, -0.1) is 0 Å². The van der Waals surface area contributed by atoms with Gasteiger partial charge in [-0.1, -0.05) is 37.3 Å². The van der Waals surface area contributed by atoms with Gasteiger partial charge in [-0.05, 0) is 30.5 Å². The average Bonchev–Trinajstić information content (AvgIpc) is 2.53. The minimum atomic E-state index is -0.0701. The van der Waals surface area contributed by atoms with E-state index in [1.807, 2.05) is 25.1 Å². The fraction of sp³-hybridized carbons (Fsp3) is 0.294. The highest BCUT2D eigenvalue weighted by molar-refractivity contribution is 5.94. The topological polar surface area (TPSA) is 54.0 Å². The number of benzene rings is 1. The van der Waals surface area contributed by atoms with Crippen molar-refractivity contribution < 1.29 is 4.79 Å². The molecule has 2 N–H and O–H groups in total. The SMILES string of the molecule is CCNc1cc(C(=O)NCC(C)c2ccccc2)ccn1. The zero-order chi connectivity index (χ0) is 15.1. The smallest absolute Gasteiger partial charge is 0.251 e. The molecule has 1 amide bonds. The number of nitrogens with one attached hydrogen (secondary N) is 2. The third-order valence-electron chi connectivity index (χ3n) is 3.32. The minimum absolute atomic E-state index is 0.0701. The number of rotatable bonds is 6. The van der Waals surface area contributed by atoms with Gasteiger partial charge in [0.25, 0.3) is 5.91 Å². The number of hydrogen-bond acceptors (Lipinski definition) is 3. The molecule has 0 saturated carbocycles. The summed E-state index contributed by atoms with van der Waals surface area (Å²) < 4.78 is 0. The Labute approximate surface area is 125 Å². The second-order valence-corrected chi connectivity index (χ2v) is 4.98. The predicted molar refractivity (Wildman–Crippen MR) is 85.6 cm³/mol. The van der Waals surface area contributed by atoms with Gasteiger partial charge >= 0.3 is 0 Å². The van der Waals surface area contributed by atoms with E-state index >= 15 is 0 Å². The molecule has 0 aliphatic heterocycles. The van der Waals surface area contributed by atoms with Crippen LogP contribution in [0.3, 0.4) is 0 Å². The van der Waals surface area contributed by atoms with Crippen molar-refractivity contribution in [2.24, 2.45) is 0 Å². The number of nitrogens with zero attached hydrogens (tertiary/aromatic N) is 1. The fourth-order valence-electron chi connectivity index (χ4n) is 2.10. The number of hydrogen-bond donors (Lipinski definition) is 2. The van der Waals surface area contributed by atoms with Crippen LogP contribution in [0.2, 0.25) is 0 Å². The molecular weight excluding hydrogens is 262 g/mol. The lowest BCUT2D eigenvalue weighted by Gasteiger charge is -2.13. The van der Waals surface area contributed by atoms with E-state index in [2.05, 4.69) is 34.7 Å².